The number of rotatable bonds is 3. The van der Waals surface area contributed by atoms with Crippen LogP contribution in [0.25, 0.3) is 0 Å². The van der Waals surface area contributed by atoms with Crippen molar-refractivity contribution in [2.45, 2.75) is 19.0 Å². The van der Waals surface area contributed by atoms with Crippen LogP contribution >= 0.6 is 15.9 Å². The molecule has 4 heterocycles. The zero-order valence-electron chi connectivity index (χ0n) is 11.8. The van der Waals surface area contributed by atoms with E-state index in [0.717, 1.165) is 41.8 Å². The van der Waals surface area contributed by atoms with E-state index in [2.05, 4.69) is 48.9 Å². The Bertz CT molecular complexity index is 615. The fraction of sp³-hybridized carbons (Fsp3) is 0.438. The molecule has 2 unspecified atom stereocenters. The Morgan fingerprint density at radius 3 is 2.95 bits per heavy atom. The average molecular weight is 348 g/mol. The molecule has 0 N–H and O–H groups in total. The molecule has 5 heteroatoms. The van der Waals surface area contributed by atoms with E-state index in [0.29, 0.717) is 6.04 Å². The molecule has 21 heavy (non-hydrogen) atoms. The topological polar surface area (TPSA) is 32.5 Å². The molecule has 2 aromatic rings. The summed E-state index contributed by atoms with van der Waals surface area (Å²) >= 11 is 3.38. The van der Waals surface area contributed by atoms with Crippen LogP contribution < -0.4 is 4.90 Å². The molecule has 0 amide bonds. The molecule has 4 nitrogen and oxygen atoms in total. The molecule has 2 aliphatic rings. The van der Waals surface area contributed by atoms with E-state index in [1.807, 2.05) is 18.3 Å². The van der Waals surface area contributed by atoms with E-state index in [1.165, 1.54) is 13.0 Å². The zero-order chi connectivity index (χ0) is 14.2. The number of fused-ring (bicyclic) bond motifs is 1. The fourth-order valence-electron chi connectivity index (χ4n) is 3.61. The van der Waals surface area contributed by atoms with Crippen molar-refractivity contribution in [3.63, 3.8) is 0 Å². The molecule has 2 fully saturated rings. The number of likely N-dealkylation sites (tertiary alicyclic amines) is 1. The van der Waals surface area contributed by atoms with E-state index in [4.69, 9.17) is 4.42 Å². The van der Waals surface area contributed by atoms with E-state index in [9.17, 15) is 0 Å². The summed E-state index contributed by atoms with van der Waals surface area (Å²) in [4.78, 5) is 9.45. The second-order valence-corrected chi connectivity index (χ2v) is 6.67. The van der Waals surface area contributed by atoms with Gasteiger partial charge in [-0.05, 0) is 59.1 Å². The maximum absolute atomic E-state index is 5.65. The summed E-state index contributed by atoms with van der Waals surface area (Å²) in [6.07, 6.45) is 3.15. The lowest BCUT2D eigenvalue weighted by Crippen LogP contribution is -2.34. The summed E-state index contributed by atoms with van der Waals surface area (Å²) in [5.74, 6) is 2.90. The van der Waals surface area contributed by atoms with Gasteiger partial charge in [-0.3, -0.25) is 4.90 Å². The van der Waals surface area contributed by atoms with Gasteiger partial charge < -0.3 is 9.32 Å². The Kier molecular flexibility index (Phi) is 3.47. The van der Waals surface area contributed by atoms with Crippen LogP contribution in [0.15, 0.2) is 45.6 Å². The molecule has 2 aromatic heterocycles. The Morgan fingerprint density at radius 2 is 2.19 bits per heavy atom. The fourth-order valence-corrected chi connectivity index (χ4v) is 3.95. The number of aromatic nitrogens is 1. The Balaban J connectivity index is 1.46. The molecular weight excluding hydrogens is 330 g/mol. The first kappa shape index (κ1) is 13.3. The Hall–Kier alpha value is -1.33. The van der Waals surface area contributed by atoms with Crippen LogP contribution in [0, 0.1) is 5.92 Å². The number of hydrogen-bond donors (Lipinski definition) is 0. The highest BCUT2D eigenvalue weighted by Crippen LogP contribution is 2.34. The van der Waals surface area contributed by atoms with Crippen molar-refractivity contribution in [3.05, 3.63) is 47.0 Å². The highest BCUT2D eigenvalue weighted by atomic mass is 79.9. The van der Waals surface area contributed by atoms with E-state index >= 15 is 0 Å². The Morgan fingerprint density at radius 1 is 1.24 bits per heavy atom. The number of halogens is 1. The summed E-state index contributed by atoms with van der Waals surface area (Å²) in [5.41, 5.74) is 0. The van der Waals surface area contributed by atoms with Crippen LogP contribution in [0.1, 0.15) is 12.2 Å². The number of pyridine rings is 1. The second-order valence-electron chi connectivity index (χ2n) is 5.89. The van der Waals surface area contributed by atoms with Crippen molar-refractivity contribution in [2.24, 2.45) is 5.92 Å². The van der Waals surface area contributed by atoms with Crippen LogP contribution in [-0.2, 0) is 6.54 Å². The first-order valence-corrected chi connectivity index (χ1v) is 8.23. The minimum atomic E-state index is 0.621. The number of nitrogens with zero attached hydrogens (tertiary/aromatic N) is 3. The number of anilines is 1. The summed E-state index contributed by atoms with van der Waals surface area (Å²) in [6, 6.07) is 10.8. The van der Waals surface area contributed by atoms with Gasteiger partial charge in [0.25, 0.3) is 0 Å². The predicted octanol–water partition coefficient (Wildman–Crippen LogP) is 3.15. The van der Waals surface area contributed by atoms with E-state index in [1.54, 1.807) is 0 Å². The molecule has 0 spiro atoms. The monoisotopic (exact) mass is 347 g/mol. The highest BCUT2D eigenvalue weighted by molar-refractivity contribution is 9.10. The third-order valence-electron chi connectivity index (χ3n) is 4.62. The molecule has 0 radical (unpaired) electrons. The molecule has 110 valence electrons. The van der Waals surface area contributed by atoms with Gasteiger partial charge in [0.05, 0.1) is 6.54 Å². The van der Waals surface area contributed by atoms with Gasteiger partial charge in [-0.1, -0.05) is 6.07 Å². The van der Waals surface area contributed by atoms with Crippen LogP contribution in [0.4, 0.5) is 5.82 Å². The molecule has 4 rings (SSSR count). The smallest absolute Gasteiger partial charge is 0.169 e. The summed E-state index contributed by atoms with van der Waals surface area (Å²) in [5, 5.41) is 0. The van der Waals surface area contributed by atoms with Crippen LogP contribution in [0.2, 0.25) is 0 Å². The van der Waals surface area contributed by atoms with Gasteiger partial charge in [0.1, 0.15) is 11.6 Å². The lowest BCUT2D eigenvalue weighted by molar-refractivity contribution is 0.225. The molecule has 0 aromatic carbocycles. The van der Waals surface area contributed by atoms with Crippen molar-refractivity contribution in [1.82, 2.24) is 9.88 Å². The predicted molar refractivity (Wildman–Crippen MR) is 85.2 cm³/mol. The van der Waals surface area contributed by atoms with E-state index in [-0.39, 0.29) is 0 Å². The largest absolute Gasteiger partial charge is 0.453 e. The average Bonchev–Trinajstić information content (AvgIpc) is 3.18. The zero-order valence-corrected chi connectivity index (χ0v) is 13.4. The number of hydrogen-bond acceptors (Lipinski definition) is 4. The third kappa shape index (κ3) is 2.60. The molecule has 2 saturated heterocycles. The first-order chi connectivity index (χ1) is 10.3. The summed E-state index contributed by atoms with van der Waals surface area (Å²) in [7, 11) is 0. The van der Waals surface area contributed by atoms with Crippen molar-refractivity contribution >= 4 is 21.7 Å². The molecule has 0 bridgehead atoms. The van der Waals surface area contributed by atoms with E-state index < -0.39 is 0 Å². The molecule has 0 saturated carbocycles. The molecule has 0 aliphatic carbocycles. The van der Waals surface area contributed by atoms with Gasteiger partial charge in [-0.15, -0.1) is 0 Å². The summed E-state index contributed by atoms with van der Waals surface area (Å²) < 4.78 is 6.47. The van der Waals surface area contributed by atoms with Gasteiger partial charge in [-0.2, -0.15) is 0 Å². The molecule has 2 aliphatic heterocycles. The molecular formula is C16H18BrN3O. The quantitative estimate of drug-likeness (QED) is 0.853. The molecule has 2 atom stereocenters. The minimum Gasteiger partial charge on any atom is -0.453 e. The normalized spacial score (nSPS) is 25.5. The van der Waals surface area contributed by atoms with Crippen molar-refractivity contribution in [2.75, 3.05) is 24.5 Å². The van der Waals surface area contributed by atoms with Crippen LogP contribution in [0.5, 0.6) is 0 Å². The van der Waals surface area contributed by atoms with Gasteiger partial charge in [0, 0.05) is 25.3 Å². The summed E-state index contributed by atoms with van der Waals surface area (Å²) in [6.45, 7) is 4.27. The first-order valence-electron chi connectivity index (χ1n) is 7.44. The lowest BCUT2D eigenvalue weighted by Gasteiger charge is -2.24. The van der Waals surface area contributed by atoms with Gasteiger partial charge in [0.15, 0.2) is 4.67 Å². The Labute approximate surface area is 132 Å². The second kappa shape index (κ2) is 5.46. The van der Waals surface area contributed by atoms with Gasteiger partial charge in [0.2, 0.25) is 0 Å². The van der Waals surface area contributed by atoms with Crippen molar-refractivity contribution in [1.29, 1.82) is 0 Å². The lowest BCUT2D eigenvalue weighted by atomic mass is 10.1. The van der Waals surface area contributed by atoms with Crippen molar-refractivity contribution < 1.29 is 4.42 Å². The SMILES string of the molecule is Brc1ccc(CN2CCC3CN(c4ccccn4)CC32)o1. The van der Waals surface area contributed by atoms with Gasteiger partial charge in [-0.25, -0.2) is 4.98 Å². The van der Waals surface area contributed by atoms with Crippen LogP contribution in [0.3, 0.4) is 0 Å². The van der Waals surface area contributed by atoms with Gasteiger partial charge >= 0.3 is 0 Å². The maximum atomic E-state index is 5.65. The number of furan rings is 1. The maximum Gasteiger partial charge on any atom is 0.169 e. The van der Waals surface area contributed by atoms with Crippen molar-refractivity contribution in [3.8, 4) is 0 Å². The third-order valence-corrected chi connectivity index (χ3v) is 5.05. The minimum absolute atomic E-state index is 0.621. The standard InChI is InChI=1S/C16H18BrN3O/c17-15-5-4-13(21-15)10-19-8-6-12-9-20(11-14(12)19)16-3-1-2-7-18-16/h1-5,7,12,14H,6,8-11H2. The van der Waals surface area contributed by atoms with Crippen LogP contribution in [-0.4, -0.2) is 35.6 Å². The highest BCUT2D eigenvalue weighted by Gasteiger charge is 2.41.